The summed E-state index contributed by atoms with van der Waals surface area (Å²) in [4.78, 5) is 48.8. The lowest BCUT2D eigenvalue weighted by molar-refractivity contribution is -0.124. The van der Waals surface area contributed by atoms with Crippen molar-refractivity contribution in [1.29, 1.82) is 0 Å². The summed E-state index contributed by atoms with van der Waals surface area (Å²) >= 11 is 1.37. The minimum Gasteiger partial charge on any atom is -0.462 e. The summed E-state index contributed by atoms with van der Waals surface area (Å²) in [6, 6.07) is 15.7. The third-order valence-electron chi connectivity index (χ3n) is 8.32. The fraction of sp³-hybridized carbons (Fsp3) is 0.353. The molecule has 1 N–H and O–H groups in total. The number of nitrogens with one attached hydrogen (secondary N) is 1. The summed E-state index contributed by atoms with van der Waals surface area (Å²) in [6.07, 6.45) is 1.44. The maximum absolute atomic E-state index is 13.9. The lowest BCUT2D eigenvalue weighted by Gasteiger charge is -2.29. The molecule has 1 amide bonds. The summed E-state index contributed by atoms with van der Waals surface area (Å²) in [7, 11) is 0. The molecule has 0 spiro atoms. The number of esters is 2. The van der Waals surface area contributed by atoms with Crippen LogP contribution in [0.5, 0.6) is 0 Å². The van der Waals surface area contributed by atoms with Crippen LogP contribution < -0.4 is 5.32 Å². The first kappa shape index (κ1) is 29.0. The number of ether oxygens (including phenoxy) is 2. The second kappa shape index (κ2) is 12.3. The van der Waals surface area contributed by atoms with Crippen LogP contribution in [0.1, 0.15) is 70.3 Å². The van der Waals surface area contributed by atoms with E-state index >= 15 is 0 Å². The molecular weight excluding hydrogens is 562 g/mol. The van der Waals surface area contributed by atoms with Gasteiger partial charge in [-0.05, 0) is 55.5 Å². The van der Waals surface area contributed by atoms with Gasteiger partial charge in [0.05, 0.1) is 23.3 Å². The quantitative estimate of drug-likeness (QED) is 0.242. The number of thiophene rings is 1. The maximum atomic E-state index is 13.9. The van der Waals surface area contributed by atoms with Gasteiger partial charge in [0.25, 0.3) is 5.91 Å². The average molecular weight is 598 g/mol. The molecule has 1 aliphatic heterocycles. The van der Waals surface area contributed by atoms with E-state index in [0.29, 0.717) is 34.5 Å². The number of anilines is 1. The zero-order valence-corrected chi connectivity index (χ0v) is 25.5. The average Bonchev–Trinajstić information content (AvgIpc) is 3.40. The molecule has 3 heterocycles. The number of amides is 1. The monoisotopic (exact) mass is 597 g/mol. The molecule has 222 valence electrons. The lowest BCUT2D eigenvalue weighted by atomic mass is 9.89. The van der Waals surface area contributed by atoms with E-state index in [2.05, 4.69) is 23.2 Å². The number of fused-ring (bicyclic) bond motifs is 5. The molecule has 2 aromatic heterocycles. The number of benzene rings is 2. The predicted octanol–water partition coefficient (Wildman–Crippen LogP) is 6.19. The number of carbonyl (C=O) groups is 3. The van der Waals surface area contributed by atoms with Crippen LogP contribution in [0.15, 0.2) is 48.5 Å². The first-order chi connectivity index (χ1) is 20.9. The van der Waals surface area contributed by atoms with Crippen molar-refractivity contribution >= 4 is 45.1 Å². The Morgan fingerprint density at radius 3 is 2.53 bits per heavy atom. The van der Waals surface area contributed by atoms with Gasteiger partial charge in [0, 0.05) is 41.0 Å². The van der Waals surface area contributed by atoms with Crippen molar-refractivity contribution in [2.45, 2.75) is 59.1 Å². The van der Waals surface area contributed by atoms with Crippen molar-refractivity contribution in [2.75, 3.05) is 25.0 Å². The molecule has 1 aliphatic carbocycles. The molecule has 4 aromatic rings. The molecule has 0 saturated heterocycles. The Morgan fingerprint density at radius 2 is 1.74 bits per heavy atom. The van der Waals surface area contributed by atoms with E-state index in [4.69, 9.17) is 14.5 Å². The van der Waals surface area contributed by atoms with E-state index in [1.54, 1.807) is 13.8 Å². The number of carbonyl (C=O) groups excluding carboxylic acids is 3. The molecule has 2 aliphatic rings. The Bertz CT molecular complexity index is 1730. The number of rotatable bonds is 8. The van der Waals surface area contributed by atoms with Gasteiger partial charge in [0.15, 0.2) is 6.10 Å². The number of aryl methyl sites for hydroxylation is 1. The maximum Gasteiger partial charge on any atom is 0.341 e. The third-order valence-corrected chi connectivity index (χ3v) is 9.50. The molecule has 8 nitrogen and oxygen atoms in total. The normalized spacial score (nSPS) is 14.8. The zero-order chi connectivity index (χ0) is 30.1. The van der Waals surface area contributed by atoms with Crippen molar-refractivity contribution in [3.8, 4) is 10.4 Å². The van der Waals surface area contributed by atoms with E-state index in [1.165, 1.54) is 16.9 Å². The highest BCUT2D eigenvalue weighted by Crippen LogP contribution is 2.45. The van der Waals surface area contributed by atoms with Gasteiger partial charge in [-0.15, -0.1) is 11.3 Å². The molecule has 1 unspecified atom stereocenters. The highest BCUT2D eigenvalue weighted by molar-refractivity contribution is 7.20. The highest BCUT2D eigenvalue weighted by atomic mass is 32.1. The summed E-state index contributed by atoms with van der Waals surface area (Å²) in [6.45, 7) is 8.22. The van der Waals surface area contributed by atoms with E-state index in [-0.39, 0.29) is 13.0 Å². The van der Waals surface area contributed by atoms with Crippen LogP contribution >= 0.6 is 11.3 Å². The van der Waals surface area contributed by atoms with Gasteiger partial charge in [-0.3, -0.25) is 14.7 Å². The molecule has 2 aromatic carbocycles. The van der Waals surface area contributed by atoms with Crippen molar-refractivity contribution in [1.82, 2.24) is 9.88 Å². The minimum absolute atomic E-state index is 0.224. The Morgan fingerprint density at radius 1 is 0.953 bits per heavy atom. The van der Waals surface area contributed by atoms with Gasteiger partial charge in [-0.1, -0.05) is 56.3 Å². The molecule has 0 radical (unpaired) electrons. The van der Waals surface area contributed by atoms with Crippen LogP contribution in [0.25, 0.3) is 21.3 Å². The zero-order valence-electron chi connectivity index (χ0n) is 24.7. The Hall–Kier alpha value is -4.08. The number of pyridine rings is 1. The summed E-state index contributed by atoms with van der Waals surface area (Å²) in [5.41, 5.74) is 6.52. The van der Waals surface area contributed by atoms with Crippen molar-refractivity contribution in [2.24, 2.45) is 0 Å². The first-order valence-electron chi connectivity index (χ1n) is 15.0. The molecule has 43 heavy (non-hydrogen) atoms. The summed E-state index contributed by atoms with van der Waals surface area (Å²) in [5, 5.41) is 4.08. The van der Waals surface area contributed by atoms with Crippen molar-refractivity contribution in [3.63, 3.8) is 0 Å². The van der Waals surface area contributed by atoms with Gasteiger partial charge in [-0.2, -0.15) is 0 Å². The fourth-order valence-corrected chi connectivity index (χ4v) is 7.40. The number of hydrogen-bond acceptors (Lipinski definition) is 8. The number of likely N-dealkylation sites (N-methyl/N-ethyl adjacent to an activating group) is 1. The van der Waals surface area contributed by atoms with Gasteiger partial charge < -0.3 is 14.8 Å². The Balaban J connectivity index is 1.31. The van der Waals surface area contributed by atoms with Crippen molar-refractivity contribution < 1.29 is 23.9 Å². The van der Waals surface area contributed by atoms with Gasteiger partial charge in [0.2, 0.25) is 0 Å². The molecule has 9 heteroatoms. The van der Waals surface area contributed by atoms with Crippen LogP contribution in [0, 0.1) is 0 Å². The number of nitrogens with zero attached hydrogens (tertiary/aromatic N) is 2. The molecule has 6 rings (SSSR count). The van der Waals surface area contributed by atoms with Crippen LogP contribution in [0.2, 0.25) is 0 Å². The standard InChI is InChI=1S/C34H35N3O5S/c1-4-27(42-34(40)28-22-13-9-10-14-25(22)35-26-17-18-37(5-2)19-24(26)28)31(38)36-32-29(33(39)41-6-3)23-16-15-20-11-7-8-12-21(20)30(23)43-32/h7-14,27H,4-6,15-19H2,1-3H3,(H,36,38). The van der Waals surface area contributed by atoms with Crippen LogP contribution in [0.3, 0.4) is 0 Å². The van der Waals surface area contributed by atoms with Gasteiger partial charge in [0.1, 0.15) is 5.00 Å². The second-order valence-corrected chi connectivity index (χ2v) is 11.9. The highest BCUT2D eigenvalue weighted by Gasteiger charge is 2.33. The Kier molecular flexibility index (Phi) is 8.27. The minimum atomic E-state index is -1.05. The van der Waals surface area contributed by atoms with Gasteiger partial charge in [-0.25, -0.2) is 9.59 Å². The number of para-hydroxylation sites is 1. The molecular formula is C34H35N3O5S. The smallest absolute Gasteiger partial charge is 0.341 e. The van der Waals surface area contributed by atoms with Crippen molar-refractivity contribution in [3.05, 3.63) is 82.0 Å². The van der Waals surface area contributed by atoms with E-state index in [0.717, 1.165) is 58.7 Å². The topological polar surface area (TPSA) is 97.8 Å². The second-order valence-electron chi connectivity index (χ2n) is 10.8. The van der Waals surface area contributed by atoms with Crippen LogP contribution in [-0.4, -0.2) is 53.5 Å². The number of hydrogen-bond donors (Lipinski definition) is 1. The fourth-order valence-electron chi connectivity index (χ4n) is 6.10. The summed E-state index contributed by atoms with van der Waals surface area (Å²) < 4.78 is 11.4. The van der Waals surface area contributed by atoms with E-state index in [1.807, 2.05) is 42.5 Å². The van der Waals surface area contributed by atoms with Crippen LogP contribution in [0.4, 0.5) is 5.00 Å². The van der Waals surface area contributed by atoms with Gasteiger partial charge >= 0.3 is 11.9 Å². The predicted molar refractivity (Wildman–Crippen MR) is 168 cm³/mol. The number of aromatic nitrogens is 1. The largest absolute Gasteiger partial charge is 0.462 e. The first-order valence-corrected chi connectivity index (χ1v) is 15.8. The molecule has 0 fully saturated rings. The molecule has 0 bridgehead atoms. The SMILES string of the molecule is CCOC(=O)c1c(NC(=O)C(CC)OC(=O)c2c3c(nc4ccccc24)CCN(CC)C3)sc2c1CCc1ccccc1-2. The lowest BCUT2D eigenvalue weighted by Crippen LogP contribution is -2.35. The van der Waals surface area contributed by atoms with E-state index in [9.17, 15) is 14.4 Å². The Labute approximate surface area is 255 Å². The van der Waals surface area contributed by atoms with E-state index < -0.39 is 23.9 Å². The molecule has 1 atom stereocenters. The molecule has 0 saturated carbocycles. The van der Waals surface area contributed by atoms with Crippen LogP contribution in [-0.2, 0) is 40.1 Å². The summed E-state index contributed by atoms with van der Waals surface area (Å²) in [5.74, 6) is -1.48. The third kappa shape index (κ3) is 5.43.